The second-order valence-corrected chi connectivity index (χ2v) is 21.3. The molecule has 0 bridgehead atoms. The van der Waals surface area contributed by atoms with Gasteiger partial charge >= 0.3 is 0 Å². The minimum absolute atomic E-state index is 0.0222. The smallest absolute Gasteiger partial charge is 0.246 e. The normalized spacial score (nSPS) is 24.7. The maximum Gasteiger partial charge on any atom is 0.246 e. The number of aromatic hydroxyl groups is 1. The van der Waals surface area contributed by atoms with Crippen LogP contribution in [0, 0.1) is 11.8 Å². The molecule has 2 heterocycles. The van der Waals surface area contributed by atoms with E-state index in [9.17, 15) is 58.2 Å². The van der Waals surface area contributed by atoms with Crippen molar-refractivity contribution in [2.75, 3.05) is 18.8 Å². The number of nitrogens with one attached hydrogen (secondary N) is 7. The number of carbonyl (C=O) groups is 10. The van der Waals surface area contributed by atoms with E-state index in [-0.39, 0.29) is 49.6 Å². The van der Waals surface area contributed by atoms with Crippen LogP contribution in [-0.2, 0) is 54.4 Å². The van der Waals surface area contributed by atoms with E-state index in [1.165, 1.54) is 34.8 Å². The van der Waals surface area contributed by atoms with E-state index in [4.69, 9.17) is 11.5 Å². The van der Waals surface area contributed by atoms with Gasteiger partial charge in [0.05, 0.1) is 19.1 Å². The molecule has 2 saturated heterocycles. The molecule has 1 aromatic rings. The van der Waals surface area contributed by atoms with Gasteiger partial charge in [-0.1, -0.05) is 67.8 Å². The molecule has 0 radical (unpaired) electrons. The first-order valence-corrected chi connectivity index (χ1v) is 24.9. The molecule has 378 valence electrons. The van der Waals surface area contributed by atoms with Gasteiger partial charge in [-0.05, 0) is 69.6 Å². The van der Waals surface area contributed by atoms with Gasteiger partial charge in [0.1, 0.15) is 48.0 Å². The standard InChI is InChI=1S/C44H68N10O12S2/c1-8-23(4)35-41(64)53-36(24(5)55)42(65)50-29(18-32(45)57)38(61)51-30(43(66)54-15-9-10-31(54)40(63)49-27(16-22(2)3)37(60)47-20-33(46)58)21-67-68-44(6,7)19-34(59)48-28(39(62)52-35)17-25-11-13-26(56)14-12-25/h11-14,22-24,27-31,35-36,55-56H,8-10,15-21H2,1-7H3,(H2,45,57)(H2,46,58)(H,47,60)(H,48,59)(H,49,63)(H,50,65)(H,51,61)(H,52,62)(H,53,64)/t23-,24+,27-,28-,29-,30-,31-,35-,36?/m0/s1. The summed E-state index contributed by atoms with van der Waals surface area (Å²) in [7, 11) is 2.28. The highest BCUT2D eigenvalue weighted by molar-refractivity contribution is 8.77. The molecule has 24 heteroatoms. The average Bonchev–Trinajstić information content (AvgIpc) is 3.75. The molecule has 0 spiro atoms. The van der Waals surface area contributed by atoms with E-state index >= 15 is 0 Å². The quantitative estimate of drug-likeness (QED) is 0.0878. The number of nitrogens with zero attached hydrogens (tertiary/aromatic N) is 1. The first kappa shape index (κ1) is 56.7. The zero-order valence-corrected chi connectivity index (χ0v) is 41.2. The maximum absolute atomic E-state index is 14.6. The molecule has 9 atom stereocenters. The number of hydrogen-bond donors (Lipinski definition) is 11. The highest BCUT2D eigenvalue weighted by Crippen LogP contribution is 2.39. The van der Waals surface area contributed by atoms with Gasteiger partial charge in [-0.3, -0.25) is 47.9 Å². The summed E-state index contributed by atoms with van der Waals surface area (Å²) in [5, 5.41) is 38.6. The van der Waals surface area contributed by atoms with Gasteiger partial charge in [0, 0.05) is 29.9 Å². The molecular formula is C44H68N10O12S2. The lowest BCUT2D eigenvalue weighted by molar-refractivity contribution is -0.142. The summed E-state index contributed by atoms with van der Waals surface area (Å²) in [4.78, 5) is 136. The van der Waals surface area contributed by atoms with E-state index in [2.05, 4.69) is 37.2 Å². The predicted octanol–water partition coefficient (Wildman–Crippen LogP) is -1.65. The molecule has 2 aliphatic rings. The number of phenolic OH excluding ortho intramolecular Hbond substituents is 1. The third-order valence-electron chi connectivity index (χ3n) is 11.3. The number of amides is 10. The number of likely N-dealkylation sites (tertiary alicyclic amines) is 1. The molecule has 2 aliphatic heterocycles. The van der Waals surface area contributed by atoms with E-state index in [1.54, 1.807) is 39.8 Å². The number of hydrogen-bond acceptors (Lipinski definition) is 14. The average molecular weight is 993 g/mol. The van der Waals surface area contributed by atoms with Crippen LogP contribution >= 0.6 is 21.6 Å². The number of nitrogens with two attached hydrogens (primary N) is 2. The van der Waals surface area contributed by atoms with Crippen LogP contribution in [0.3, 0.4) is 0 Å². The zero-order valence-electron chi connectivity index (χ0n) is 39.5. The van der Waals surface area contributed by atoms with E-state index in [0.717, 1.165) is 10.8 Å². The van der Waals surface area contributed by atoms with Gasteiger partial charge in [-0.2, -0.15) is 0 Å². The number of aliphatic hydroxyl groups is 1. The monoisotopic (exact) mass is 992 g/mol. The van der Waals surface area contributed by atoms with Gasteiger partial charge in [0.15, 0.2) is 0 Å². The second kappa shape index (κ2) is 26.2. The Morgan fingerprint density at radius 3 is 2.06 bits per heavy atom. The Hall–Kier alpha value is -5.62. The van der Waals surface area contributed by atoms with Crippen LogP contribution in [0.15, 0.2) is 24.3 Å². The van der Waals surface area contributed by atoms with Crippen LogP contribution in [0.2, 0.25) is 0 Å². The minimum Gasteiger partial charge on any atom is -0.508 e. The van der Waals surface area contributed by atoms with Crippen molar-refractivity contribution in [1.29, 1.82) is 0 Å². The number of rotatable bonds is 15. The van der Waals surface area contributed by atoms with Gasteiger partial charge in [-0.15, -0.1) is 0 Å². The van der Waals surface area contributed by atoms with Gasteiger partial charge in [0.25, 0.3) is 0 Å². The number of primary amides is 2. The molecule has 1 aromatic carbocycles. The molecule has 13 N–H and O–H groups in total. The lowest BCUT2D eigenvalue weighted by Crippen LogP contribution is -2.63. The van der Waals surface area contributed by atoms with Crippen LogP contribution in [0.5, 0.6) is 5.75 Å². The third kappa shape index (κ3) is 17.8. The van der Waals surface area contributed by atoms with Crippen molar-refractivity contribution in [1.82, 2.24) is 42.1 Å². The first-order valence-electron chi connectivity index (χ1n) is 22.5. The number of phenols is 1. The topological polar surface area (TPSA) is 351 Å². The Kier molecular flexibility index (Phi) is 21.9. The molecule has 68 heavy (non-hydrogen) atoms. The summed E-state index contributed by atoms with van der Waals surface area (Å²) in [5.41, 5.74) is 11.3. The van der Waals surface area contributed by atoms with Gasteiger partial charge in [0.2, 0.25) is 59.1 Å². The van der Waals surface area contributed by atoms with Crippen LogP contribution in [0.1, 0.15) is 92.6 Å². The highest BCUT2D eigenvalue weighted by atomic mass is 33.1. The fourth-order valence-electron chi connectivity index (χ4n) is 7.49. The summed E-state index contributed by atoms with van der Waals surface area (Å²) in [5.74, 6) is -9.02. The van der Waals surface area contributed by atoms with Crippen molar-refractivity contribution < 1.29 is 58.2 Å². The summed E-state index contributed by atoms with van der Waals surface area (Å²) in [6.45, 7) is 11.4. The minimum atomic E-state index is -1.75. The SMILES string of the molecule is CC[C@H](C)[C@@H]1NC(=O)[C@H](Cc2ccc(O)cc2)NC(=O)CC(C)(C)SSC[C@@H](C(=O)N2CCC[C@H]2C(=O)N[C@@H](CC(C)C)C(=O)NCC(N)=O)NC(=O)[C@H](CC(N)=O)NC(=O)C([C@@H](C)O)NC1=O. The van der Waals surface area contributed by atoms with Crippen LogP contribution in [-0.4, -0.2) is 146 Å². The van der Waals surface area contributed by atoms with Crippen molar-refractivity contribution in [3.8, 4) is 5.75 Å². The van der Waals surface area contributed by atoms with Gasteiger partial charge < -0.3 is 63.8 Å². The lowest BCUT2D eigenvalue weighted by atomic mass is 9.96. The molecule has 10 amide bonds. The van der Waals surface area contributed by atoms with Crippen LogP contribution in [0.4, 0.5) is 0 Å². The maximum atomic E-state index is 14.6. The Labute approximate surface area is 403 Å². The lowest BCUT2D eigenvalue weighted by Gasteiger charge is -2.32. The Morgan fingerprint density at radius 2 is 1.47 bits per heavy atom. The van der Waals surface area contributed by atoms with Gasteiger partial charge in [-0.25, -0.2) is 0 Å². The first-order chi connectivity index (χ1) is 31.8. The number of carbonyl (C=O) groups excluding carboxylic acids is 10. The van der Waals surface area contributed by atoms with E-state index in [0.29, 0.717) is 18.4 Å². The summed E-state index contributed by atoms with van der Waals surface area (Å²) >= 11 is 0. The van der Waals surface area contributed by atoms with Crippen molar-refractivity contribution in [3.05, 3.63) is 29.8 Å². The summed E-state index contributed by atoms with van der Waals surface area (Å²) < 4.78 is -0.888. The second-order valence-electron chi connectivity index (χ2n) is 18.3. The van der Waals surface area contributed by atoms with Crippen LogP contribution < -0.4 is 48.7 Å². The largest absolute Gasteiger partial charge is 0.508 e. The Balaban J connectivity index is 2.06. The van der Waals surface area contributed by atoms with Crippen molar-refractivity contribution in [3.63, 3.8) is 0 Å². The number of benzene rings is 1. The molecule has 22 nitrogen and oxygen atoms in total. The Bertz CT molecular complexity index is 2010. The Morgan fingerprint density at radius 1 is 0.853 bits per heavy atom. The predicted molar refractivity (Wildman–Crippen MR) is 253 cm³/mol. The summed E-state index contributed by atoms with van der Waals surface area (Å²) in [6.07, 6.45) is -1.47. The zero-order chi connectivity index (χ0) is 51.0. The van der Waals surface area contributed by atoms with Crippen molar-refractivity contribution in [2.45, 2.75) is 147 Å². The molecule has 0 aromatic heterocycles. The summed E-state index contributed by atoms with van der Waals surface area (Å²) in [6, 6.07) is -3.65. The van der Waals surface area contributed by atoms with E-state index in [1.807, 2.05) is 13.8 Å². The molecule has 2 fully saturated rings. The molecule has 0 aliphatic carbocycles. The van der Waals surface area contributed by atoms with Crippen molar-refractivity contribution >= 4 is 80.7 Å². The van der Waals surface area contributed by atoms with Crippen LogP contribution in [0.25, 0.3) is 0 Å². The number of aliphatic hydroxyl groups excluding tert-OH is 1. The fourth-order valence-corrected chi connectivity index (χ4v) is 10.2. The molecule has 0 saturated carbocycles. The fraction of sp³-hybridized carbons (Fsp3) is 0.636. The highest BCUT2D eigenvalue weighted by Gasteiger charge is 2.41. The van der Waals surface area contributed by atoms with E-state index < -0.39 is 131 Å². The molecule has 3 rings (SSSR count). The van der Waals surface area contributed by atoms with Crippen molar-refractivity contribution in [2.24, 2.45) is 23.3 Å². The molecular weight excluding hydrogens is 925 g/mol. The molecule has 1 unspecified atom stereocenters. The third-order valence-corrected chi connectivity index (χ3v) is 14.6.